The number of nitrogens with zero attached hydrogens (tertiary/aromatic N) is 1. The Hall–Kier alpha value is -3.22. The van der Waals surface area contributed by atoms with Crippen molar-refractivity contribution in [1.82, 2.24) is 0 Å². The van der Waals surface area contributed by atoms with Gasteiger partial charge in [0.1, 0.15) is 0 Å². The van der Waals surface area contributed by atoms with Gasteiger partial charge in [0.15, 0.2) is 23.0 Å². The highest BCUT2D eigenvalue weighted by Crippen LogP contribution is 2.38. The van der Waals surface area contributed by atoms with Crippen LogP contribution in [0.3, 0.4) is 0 Å². The molecule has 0 saturated heterocycles. The van der Waals surface area contributed by atoms with E-state index in [1.165, 1.54) is 6.07 Å². The van der Waals surface area contributed by atoms with E-state index in [0.717, 1.165) is 5.56 Å². The fourth-order valence-corrected chi connectivity index (χ4v) is 2.38. The summed E-state index contributed by atoms with van der Waals surface area (Å²) in [7, 11) is 3.11. The van der Waals surface area contributed by atoms with Crippen LogP contribution in [0.2, 0.25) is 0 Å². The zero-order valence-corrected chi connectivity index (χ0v) is 13.1. The summed E-state index contributed by atoms with van der Waals surface area (Å²) in [6, 6.07) is 8.35. The van der Waals surface area contributed by atoms with Gasteiger partial charge in [-0.15, -0.1) is 0 Å². The van der Waals surface area contributed by atoms with E-state index in [-0.39, 0.29) is 12.5 Å². The van der Waals surface area contributed by atoms with Crippen molar-refractivity contribution in [2.45, 2.75) is 0 Å². The molecule has 0 atom stereocenters. The lowest BCUT2D eigenvalue weighted by molar-refractivity contribution is -0.385. The molecule has 0 amide bonds. The molecule has 24 heavy (non-hydrogen) atoms. The molecule has 0 unspecified atom stereocenters. The van der Waals surface area contributed by atoms with Gasteiger partial charge in [0.05, 0.1) is 30.8 Å². The van der Waals surface area contributed by atoms with E-state index in [9.17, 15) is 10.1 Å². The Morgan fingerprint density at radius 1 is 1.04 bits per heavy atom. The van der Waals surface area contributed by atoms with Crippen LogP contribution in [0.4, 0.5) is 5.69 Å². The Kier molecular flexibility index (Phi) is 4.24. The fraction of sp³-hybridized carbons (Fsp3) is 0.176. The van der Waals surface area contributed by atoms with Gasteiger partial charge >= 0.3 is 0 Å². The Morgan fingerprint density at radius 2 is 1.75 bits per heavy atom. The number of nitro benzene ring substituents is 1. The molecular formula is C17H15NO6. The topological polar surface area (TPSA) is 80.1 Å². The van der Waals surface area contributed by atoms with Crippen molar-refractivity contribution < 1.29 is 23.9 Å². The number of hydrogen-bond acceptors (Lipinski definition) is 6. The molecule has 0 aromatic heterocycles. The normalized spacial score (nSPS) is 12.4. The van der Waals surface area contributed by atoms with Gasteiger partial charge in [-0.1, -0.05) is 12.1 Å². The molecule has 1 aliphatic rings. The highest BCUT2D eigenvalue weighted by Gasteiger charge is 2.22. The summed E-state index contributed by atoms with van der Waals surface area (Å²) >= 11 is 0. The summed E-state index contributed by atoms with van der Waals surface area (Å²) in [5, 5.41) is 11.3. The first-order valence-electron chi connectivity index (χ1n) is 7.10. The van der Waals surface area contributed by atoms with E-state index < -0.39 is 4.92 Å². The minimum atomic E-state index is -0.448. The first kappa shape index (κ1) is 15.7. The summed E-state index contributed by atoms with van der Waals surface area (Å²) in [4.78, 5) is 10.8. The van der Waals surface area contributed by atoms with Crippen molar-refractivity contribution in [3.05, 3.63) is 51.6 Å². The smallest absolute Gasteiger partial charge is 0.280 e. The first-order valence-corrected chi connectivity index (χ1v) is 7.10. The van der Waals surface area contributed by atoms with Crippen molar-refractivity contribution in [2.24, 2.45) is 0 Å². The van der Waals surface area contributed by atoms with Crippen molar-refractivity contribution in [2.75, 3.05) is 21.0 Å². The molecule has 7 heteroatoms. The van der Waals surface area contributed by atoms with Gasteiger partial charge in [-0.3, -0.25) is 10.1 Å². The molecule has 0 radical (unpaired) electrons. The van der Waals surface area contributed by atoms with Crippen LogP contribution in [0.25, 0.3) is 12.2 Å². The molecule has 2 aromatic carbocycles. The number of benzene rings is 2. The lowest BCUT2D eigenvalue weighted by atomic mass is 10.1. The predicted molar refractivity (Wildman–Crippen MR) is 87.7 cm³/mol. The van der Waals surface area contributed by atoms with Crippen molar-refractivity contribution in [3.8, 4) is 23.0 Å². The second-order valence-corrected chi connectivity index (χ2v) is 4.97. The van der Waals surface area contributed by atoms with Crippen LogP contribution in [0, 0.1) is 10.1 Å². The SMILES string of the molecule is COc1ccc(C=Cc2cc3c(cc2[N+](=O)[O-])OCO3)cc1OC. The molecule has 0 saturated carbocycles. The molecule has 1 heterocycles. The Labute approximate surface area is 138 Å². The maximum atomic E-state index is 11.3. The highest BCUT2D eigenvalue weighted by molar-refractivity contribution is 5.77. The predicted octanol–water partition coefficient (Wildman–Crippen LogP) is 3.51. The van der Waals surface area contributed by atoms with Gasteiger partial charge < -0.3 is 18.9 Å². The average Bonchev–Trinajstić information content (AvgIpc) is 3.06. The Bertz CT molecular complexity index is 815. The van der Waals surface area contributed by atoms with E-state index in [1.54, 1.807) is 44.6 Å². The second-order valence-electron chi connectivity index (χ2n) is 4.97. The number of nitro groups is 1. The van der Waals surface area contributed by atoms with Gasteiger partial charge in [-0.25, -0.2) is 0 Å². The maximum Gasteiger partial charge on any atom is 0.280 e. The number of methoxy groups -OCH3 is 2. The lowest BCUT2D eigenvalue weighted by Gasteiger charge is -2.07. The van der Waals surface area contributed by atoms with Gasteiger partial charge in [0.2, 0.25) is 6.79 Å². The van der Waals surface area contributed by atoms with E-state index in [2.05, 4.69) is 0 Å². The van der Waals surface area contributed by atoms with Crippen LogP contribution in [-0.2, 0) is 0 Å². The molecular weight excluding hydrogens is 314 g/mol. The van der Waals surface area contributed by atoms with Crippen molar-refractivity contribution in [1.29, 1.82) is 0 Å². The monoisotopic (exact) mass is 329 g/mol. The first-order chi connectivity index (χ1) is 11.6. The van der Waals surface area contributed by atoms with Crippen LogP contribution in [0.1, 0.15) is 11.1 Å². The summed E-state index contributed by atoms with van der Waals surface area (Å²) < 4.78 is 20.9. The van der Waals surface area contributed by atoms with Crippen LogP contribution in [-0.4, -0.2) is 25.9 Å². The highest BCUT2D eigenvalue weighted by atomic mass is 16.7. The number of ether oxygens (including phenoxy) is 4. The summed E-state index contributed by atoms with van der Waals surface area (Å²) in [6.45, 7) is 0.0648. The minimum Gasteiger partial charge on any atom is -0.493 e. The quantitative estimate of drug-likeness (QED) is 0.474. The lowest BCUT2D eigenvalue weighted by Crippen LogP contribution is -1.93. The van der Waals surface area contributed by atoms with Crippen LogP contribution in [0.5, 0.6) is 23.0 Å². The molecule has 0 N–H and O–H groups in total. The van der Waals surface area contributed by atoms with Crippen LogP contribution in [0.15, 0.2) is 30.3 Å². The molecule has 0 fully saturated rings. The molecule has 1 aliphatic heterocycles. The number of hydrogen-bond donors (Lipinski definition) is 0. The standard InChI is InChI=1S/C17H15NO6/c1-21-14-6-4-11(7-15(14)22-2)3-5-12-8-16-17(24-10-23-16)9-13(12)18(19)20/h3-9H,10H2,1-2H3. The Morgan fingerprint density at radius 3 is 2.42 bits per heavy atom. The summed E-state index contributed by atoms with van der Waals surface area (Å²) in [5.41, 5.74) is 1.20. The van der Waals surface area contributed by atoms with E-state index in [0.29, 0.717) is 28.6 Å². The molecule has 0 aliphatic carbocycles. The van der Waals surface area contributed by atoms with Crippen LogP contribution >= 0.6 is 0 Å². The average molecular weight is 329 g/mol. The van der Waals surface area contributed by atoms with Gasteiger partial charge in [-0.05, 0) is 29.8 Å². The molecule has 2 aromatic rings. The van der Waals surface area contributed by atoms with Crippen molar-refractivity contribution >= 4 is 17.8 Å². The number of rotatable bonds is 5. The third-order valence-electron chi connectivity index (χ3n) is 3.58. The maximum absolute atomic E-state index is 11.3. The summed E-state index contributed by atoms with van der Waals surface area (Å²) in [5.74, 6) is 2.07. The molecule has 0 spiro atoms. The zero-order valence-electron chi connectivity index (χ0n) is 13.1. The van der Waals surface area contributed by atoms with Crippen LogP contribution < -0.4 is 18.9 Å². The number of fused-ring (bicyclic) bond motifs is 1. The zero-order chi connectivity index (χ0) is 17.1. The molecule has 7 nitrogen and oxygen atoms in total. The summed E-state index contributed by atoms with van der Waals surface area (Å²) in [6.07, 6.45) is 3.41. The Balaban J connectivity index is 1.96. The van der Waals surface area contributed by atoms with Gasteiger partial charge in [-0.2, -0.15) is 0 Å². The third kappa shape index (κ3) is 2.96. The largest absolute Gasteiger partial charge is 0.493 e. The minimum absolute atomic E-state index is 0.0454. The second kappa shape index (κ2) is 6.49. The molecule has 3 rings (SSSR count). The third-order valence-corrected chi connectivity index (χ3v) is 3.58. The van der Waals surface area contributed by atoms with E-state index in [4.69, 9.17) is 18.9 Å². The van der Waals surface area contributed by atoms with E-state index >= 15 is 0 Å². The fourth-order valence-electron chi connectivity index (χ4n) is 2.38. The van der Waals surface area contributed by atoms with Crippen molar-refractivity contribution in [3.63, 3.8) is 0 Å². The molecule has 124 valence electrons. The molecule has 0 bridgehead atoms. The van der Waals surface area contributed by atoms with E-state index in [1.807, 2.05) is 6.07 Å². The van der Waals surface area contributed by atoms with Gasteiger partial charge in [0, 0.05) is 0 Å². The van der Waals surface area contributed by atoms with Gasteiger partial charge in [0.25, 0.3) is 5.69 Å².